The van der Waals surface area contributed by atoms with E-state index in [1.165, 1.54) is 32.4 Å². The van der Waals surface area contributed by atoms with Crippen molar-refractivity contribution in [3.05, 3.63) is 35.9 Å². The summed E-state index contributed by atoms with van der Waals surface area (Å²) < 4.78 is 0. The normalized spacial score (nSPS) is 20.9. The highest BCUT2D eigenvalue weighted by atomic mass is 15.2. The standard InChI is InChI=1S/C17H27N/c1-5-17(15-9-7-6-8-10-15)11-13-18(14-12-17)16(2,3)4/h6-10H,5,11-14H2,1-4H3. The van der Waals surface area contributed by atoms with Gasteiger partial charge in [-0.1, -0.05) is 37.3 Å². The monoisotopic (exact) mass is 245 g/mol. The summed E-state index contributed by atoms with van der Waals surface area (Å²) in [4.78, 5) is 2.63. The lowest BCUT2D eigenvalue weighted by atomic mass is 9.70. The van der Waals surface area contributed by atoms with E-state index in [-0.39, 0.29) is 0 Å². The molecule has 100 valence electrons. The largest absolute Gasteiger partial charge is 0.298 e. The van der Waals surface area contributed by atoms with Crippen LogP contribution in [0.4, 0.5) is 0 Å². The summed E-state index contributed by atoms with van der Waals surface area (Å²) in [6, 6.07) is 11.1. The Morgan fingerprint density at radius 1 is 1.06 bits per heavy atom. The molecule has 0 atom stereocenters. The molecule has 1 saturated heterocycles. The summed E-state index contributed by atoms with van der Waals surface area (Å²) in [6.07, 6.45) is 3.85. The van der Waals surface area contributed by atoms with Gasteiger partial charge in [-0.05, 0) is 64.1 Å². The van der Waals surface area contributed by atoms with Crippen molar-refractivity contribution in [1.82, 2.24) is 4.90 Å². The van der Waals surface area contributed by atoms with E-state index in [0.717, 1.165) is 0 Å². The van der Waals surface area contributed by atoms with E-state index in [4.69, 9.17) is 0 Å². The van der Waals surface area contributed by atoms with Gasteiger partial charge in [0.15, 0.2) is 0 Å². The van der Waals surface area contributed by atoms with Gasteiger partial charge >= 0.3 is 0 Å². The predicted octanol–water partition coefficient (Wildman–Crippen LogP) is 4.23. The first-order valence-electron chi connectivity index (χ1n) is 7.28. The SMILES string of the molecule is CCC1(c2ccccc2)CCN(C(C)(C)C)CC1. The van der Waals surface area contributed by atoms with E-state index in [9.17, 15) is 0 Å². The number of likely N-dealkylation sites (tertiary alicyclic amines) is 1. The van der Waals surface area contributed by atoms with Gasteiger partial charge in [-0.3, -0.25) is 4.90 Å². The van der Waals surface area contributed by atoms with E-state index < -0.39 is 0 Å². The van der Waals surface area contributed by atoms with Gasteiger partial charge in [0.25, 0.3) is 0 Å². The topological polar surface area (TPSA) is 3.24 Å². The Hall–Kier alpha value is -0.820. The average molecular weight is 245 g/mol. The molecule has 1 aromatic rings. The van der Waals surface area contributed by atoms with Crippen LogP contribution in [-0.4, -0.2) is 23.5 Å². The zero-order valence-corrected chi connectivity index (χ0v) is 12.4. The minimum absolute atomic E-state index is 0.316. The van der Waals surface area contributed by atoms with E-state index in [0.29, 0.717) is 11.0 Å². The summed E-state index contributed by atoms with van der Waals surface area (Å²) in [6.45, 7) is 11.8. The molecule has 0 aliphatic carbocycles. The van der Waals surface area contributed by atoms with Crippen molar-refractivity contribution < 1.29 is 0 Å². The molecular formula is C17H27N. The van der Waals surface area contributed by atoms with Gasteiger partial charge in [0.1, 0.15) is 0 Å². The molecule has 0 N–H and O–H groups in total. The smallest absolute Gasteiger partial charge is 0.0125 e. The number of benzene rings is 1. The van der Waals surface area contributed by atoms with Gasteiger partial charge in [-0.2, -0.15) is 0 Å². The zero-order chi connectivity index (χ0) is 13.2. The maximum Gasteiger partial charge on any atom is 0.0125 e. The number of hydrogen-bond acceptors (Lipinski definition) is 1. The van der Waals surface area contributed by atoms with Crippen LogP contribution in [0.1, 0.15) is 52.5 Å². The lowest BCUT2D eigenvalue weighted by Gasteiger charge is -2.46. The third-order valence-electron chi connectivity index (χ3n) is 4.73. The Morgan fingerprint density at radius 2 is 1.61 bits per heavy atom. The maximum absolute atomic E-state index is 2.63. The van der Waals surface area contributed by atoms with Crippen molar-refractivity contribution in [1.29, 1.82) is 0 Å². The molecule has 0 bridgehead atoms. The Bertz CT molecular complexity index is 366. The molecule has 0 aromatic heterocycles. The average Bonchev–Trinajstić information content (AvgIpc) is 2.39. The fraction of sp³-hybridized carbons (Fsp3) is 0.647. The molecule has 0 amide bonds. The predicted molar refractivity (Wildman–Crippen MR) is 79.0 cm³/mol. The quantitative estimate of drug-likeness (QED) is 0.753. The van der Waals surface area contributed by atoms with Crippen LogP contribution in [0.2, 0.25) is 0 Å². The minimum Gasteiger partial charge on any atom is -0.298 e. The van der Waals surface area contributed by atoms with Crippen LogP contribution >= 0.6 is 0 Å². The van der Waals surface area contributed by atoms with Crippen LogP contribution in [0.5, 0.6) is 0 Å². The molecule has 1 aromatic carbocycles. The lowest BCUT2D eigenvalue weighted by Crippen LogP contribution is -2.50. The van der Waals surface area contributed by atoms with Crippen LogP contribution in [0, 0.1) is 0 Å². The van der Waals surface area contributed by atoms with Gasteiger partial charge in [0, 0.05) is 5.54 Å². The highest BCUT2D eigenvalue weighted by Crippen LogP contribution is 2.39. The van der Waals surface area contributed by atoms with E-state index >= 15 is 0 Å². The Kier molecular flexibility index (Phi) is 3.82. The van der Waals surface area contributed by atoms with Crippen LogP contribution in [-0.2, 0) is 5.41 Å². The van der Waals surface area contributed by atoms with E-state index in [1.54, 1.807) is 5.56 Å². The Balaban J connectivity index is 2.14. The number of nitrogens with zero attached hydrogens (tertiary/aromatic N) is 1. The Labute approximate surface area is 112 Å². The second-order valence-electron chi connectivity index (χ2n) is 6.66. The maximum atomic E-state index is 2.63. The van der Waals surface area contributed by atoms with Gasteiger partial charge in [0.05, 0.1) is 0 Å². The molecule has 1 heteroatoms. The van der Waals surface area contributed by atoms with Gasteiger partial charge in [0.2, 0.25) is 0 Å². The molecular weight excluding hydrogens is 218 g/mol. The third-order valence-corrected chi connectivity index (χ3v) is 4.73. The first-order valence-corrected chi connectivity index (χ1v) is 7.28. The van der Waals surface area contributed by atoms with Crippen molar-refractivity contribution >= 4 is 0 Å². The molecule has 1 nitrogen and oxygen atoms in total. The lowest BCUT2D eigenvalue weighted by molar-refractivity contribution is 0.0726. The van der Waals surface area contributed by atoms with Crippen molar-refractivity contribution in [2.75, 3.05) is 13.1 Å². The first-order chi connectivity index (χ1) is 8.48. The highest BCUT2D eigenvalue weighted by molar-refractivity contribution is 5.26. The highest BCUT2D eigenvalue weighted by Gasteiger charge is 2.37. The second kappa shape index (κ2) is 5.05. The van der Waals surface area contributed by atoms with E-state index in [1.807, 2.05) is 0 Å². The van der Waals surface area contributed by atoms with Crippen molar-refractivity contribution in [3.8, 4) is 0 Å². The third kappa shape index (κ3) is 2.61. The summed E-state index contributed by atoms with van der Waals surface area (Å²) in [5.41, 5.74) is 2.28. The van der Waals surface area contributed by atoms with Crippen LogP contribution < -0.4 is 0 Å². The molecule has 2 rings (SSSR count). The molecule has 1 fully saturated rings. The zero-order valence-electron chi connectivity index (χ0n) is 12.4. The summed E-state index contributed by atoms with van der Waals surface area (Å²) in [7, 11) is 0. The van der Waals surface area contributed by atoms with Crippen LogP contribution in [0.15, 0.2) is 30.3 Å². The second-order valence-corrected chi connectivity index (χ2v) is 6.66. The fourth-order valence-electron chi connectivity index (χ4n) is 3.24. The van der Waals surface area contributed by atoms with Crippen molar-refractivity contribution in [3.63, 3.8) is 0 Å². The molecule has 1 heterocycles. The Morgan fingerprint density at radius 3 is 2.06 bits per heavy atom. The molecule has 1 aliphatic heterocycles. The number of hydrogen-bond donors (Lipinski definition) is 0. The molecule has 18 heavy (non-hydrogen) atoms. The van der Waals surface area contributed by atoms with Crippen LogP contribution in [0.25, 0.3) is 0 Å². The minimum atomic E-state index is 0.316. The van der Waals surface area contributed by atoms with Crippen molar-refractivity contribution in [2.24, 2.45) is 0 Å². The summed E-state index contributed by atoms with van der Waals surface area (Å²) >= 11 is 0. The first kappa shape index (κ1) is 13.6. The van der Waals surface area contributed by atoms with Gasteiger partial charge in [-0.25, -0.2) is 0 Å². The van der Waals surface area contributed by atoms with Crippen molar-refractivity contribution in [2.45, 2.75) is 57.9 Å². The van der Waals surface area contributed by atoms with Crippen LogP contribution in [0.3, 0.4) is 0 Å². The van der Waals surface area contributed by atoms with E-state index in [2.05, 4.69) is 62.9 Å². The fourth-order valence-corrected chi connectivity index (χ4v) is 3.24. The number of rotatable bonds is 2. The number of piperidine rings is 1. The summed E-state index contributed by atoms with van der Waals surface area (Å²) in [5.74, 6) is 0. The molecule has 1 aliphatic rings. The van der Waals surface area contributed by atoms with Gasteiger partial charge in [-0.15, -0.1) is 0 Å². The molecule has 0 spiro atoms. The molecule has 0 saturated carbocycles. The summed E-state index contributed by atoms with van der Waals surface area (Å²) in [5, 5.41) is 0. The molecule has 0 unspecified atom stereocenters. The molecule has 0 radical (unpaired) electrons. The van der Waals surface area contributed by atoms with Gasteiger partial charge < -0.3 is 0 Å².